The van der Waals surface area contributed by atoms with Gasteiger partial charge in [-0.05, 0) is 17.7 Å². The summed E-state index contributed by atoms with van der Waals surface area (Å²) in [6.07, 6.45) is 1.04. The molecule has 1 aliphatic rings. The van der Waals surface area contributed by atoms with Crippen LogP contribution >= 0.6 is 27.3 Å². The van der Waals surface area contributed by atoms with Gasteiger partial charge in [0.1, 0.15) is 5.01 Å². The SMILES string of the molecule is CC(C)NCc1nc2c(s1)Cc1ccc(Br)cc1-2. The second-order valence-corrected chi connectivity index (χ2v) is 6.98. The van der Waals surface area contributed by atoms with Crippen molar-refractivity contribution in [2.24, 2.45) is 0 Å². The Morgan fingerprint density at radius 2 is 2.28 bits per heavy atom. The Morgan fingerprint density at radius 3 is 3.06 bits per heavy atom. The Bertz CT molecular complexity index is 589. The molecular formula is C14H15BrN2S. The fourth-order valence-electron chi connectivity index (χ4n) is 2.19. The molecule has 0 spiro atoms. The van der Waals surface area contributed by atoms with Crippen molar-refractivity contribution in [2.75, 3.05) is 0 Å². The van der Waals surface area contributed by atoms with Gasteiger partial charge in [-0.25, -0.2) is 4.98 Å². The first kappa shape index (κ1) is 12.3. The maximum Gasteiger partial charge on any atom is 0.107 e. The predicted octanol–water partition coefficient (Wildman–Crippen LogP) is 3.97. The second kappa shape index (κ2) is 4.76. The molecule has 0 atom stereocenters. The van der Waals surface area contributed by atoms with E-state index in [0.717, 1.165) is 17.4 Å². The van der Waals surface area contributed by atoms with Crippen molar-refractivity contribution >= 4 is 27.3 Å². The molecule has 94 valence electrons. The van der Waals surface area contributed by atoms with Gasteiger partial charge in [-0.2, -0.15) is 0 Å². The van der Waals surface area contributed by atoms with Crippen molar-refractivity contribution in [1.82, 2.24) is 10.3 Å². The number of thiazole rings is 1. The van der Waals surface area contributed by atoms with Gasteiger partial charge in [-0.1, -0.05) is 35.8 Å². The summed E-state index contributed by atoms with van der Waals surface area (Å²) in [4.78, 5) is 6.19. The maximum absolute atomic E-state index is 4.78. The molecule has 1 aliphatic carbocycles. The molecule has 1 heterocycles. The van der Waals surface area contributed by atoms with Crippen LogP contribution in [0.5, 0.6) is 0 Å². The molecule has 0 unspecified atom stereocenters. The molecule has 1 aromatic carbocycles. The van der Waals surface area contributed by atoms with Crippen LogP contribution in [-0.2, 0) is 13.0 Å². The molecule has 1 N–H and O–H groups in total. The first-order valence-electron chi connectivity index (χ1n) is 6.14. The average molecular weight is 323 g/mol. The lowest BCUT2D eigenvalue weighted by molar-refractivity contribution is 0.587. The molecule has 0 amide bonds. The Labute approximate surface area is 120 Å². The molecule has 0 fully saturated rings. The number of aromatic nitrogens is 1. The average Bonchev–Trinajstić information content (AvgIpc) is 2.84. The van der Waals surface area contributed by atoms with Crippen LogP contribution in [0.15, 0.2) is 22.7 Å². The van der Waals surface area contributed by atoms with E-state index in [1.807, 2.05) is 11.3 Å². The summed E-state index contributed by atoms with van der Waals surface area (Å²) in [6, 6.07) is 6.99. The van der Waals surface area contributed by atoms with Gasteiger partial charge in [0.05, 0.1) is 5.69 Å². The Morgan fingerprint density at radius 1 is 1.44 bits per heavy atom. The van der Waals surface area contributed by atoms with Crippen LogP contribution in [0.4, 0.5) is 0 Å². The topological polar surface area (TPSA) is 24.9 Å². The molecule has 2 nitrogen and oxygen atoms in total. The summed E-state index contributed by atoms with van der Waals surface area (Å²) < 4.78 is 1.13. The number of nitrogens with zero attached hydrogens (tertiary/aromatic N) is 1. The quantitative estimate of drug-likeness (QED) is 0.789. The number of rotatable bonds is 3. The number of hydrogen-bond acceptors (Lipinski definition) is 3. The summed E-state index contributed by atoms with van der Waals surface area (Å²) in [5.41, 5.74) is 3.89. The minimum absolute atomic E-state index is 0.505. The van der Waals surface area contributed by atoms with Gasteiger partial charge in [0, 0.05) is 33.9 Å². The minimum atomic E-state index is 0.505. The summed E-state index contributed by atoms with van der Waals surface area (Å²) >= 11 is 5.37. The lowest BCUT2D eigenvalue weighted by atomic mass is 10.1. The zero-order valence-corrected chi connectivity index (χ0v) is 12.9. The van der Waals surface area contributed by atoms with Crippen LogP contribution in [-0.4, -0.2) is 11.0 Å². The van der Waals surface area contributed by atoms with Crippen molar-refractivity contribution in [3.05, 3.63) is 38.1 Å². The van der Waals surface area contributed by atoms with Crippen molar-refractivity contribution in [1.29, 1.82) is 0 Å². The van der Waals surface area contributed by atoms with E-state index in [1.54, 1.807) is 0 Å². The lowest BCUT2D eigenvalue weighted by Gasteiger charge is -2.05. The lowest BCUT2D eigenvalue weighted by Crippen LogP contribution is -2.21. The van der Waals surface area contributed by atoms with Crippen LogP contribution in [0.2, 0.25) is 0 Å². The zero-order chi connectivity index (χ0) is 12.7. The second-order valence-electron chi connectivity index (χ2n) is 4.89. The van der Waals surface area contributed by atoms with E-state index in [-0.39, 0.29) is 0 Å². The van der Waals surface area contributed by atoms with Crippen molar-refractivity contribution in [2.45, 2.75) is 32.9 Å². The fourth-order valence-corrected chi connectivity index (χ4v) is 3.61. The molecular weight excluding hydrogens is 308 g/mol. The third-order valence-electron chi connectivity index (χ3n) is 3.08. The van der Waals surface area contributed by atoms with Crippen LogP contribution in [0.3, 0.4) is 0 Å². The number of hydrogen-bond donors (Lipinski definition) is 1. The Hall–Kier alpha value is -0.710. The normalized spacial score (nSPS) is 12.9. The van der Waals surface area contributed by atoms with Crippen LogP contribution in [0.25, 0.3) is 11.3 Å². The van der Waals surface area contributed by atoms with Gasteiger partial charge in [0.2, 0.25) is 0 Å². The highest BCUT2D eigenvalue weighted by atomic mass is 79.9. The Kier molecular flexibility index (Phi) is 3.26. The summed E-state index contributed by atoms with van der Waals surface area (Å²) in [5.74, 6) is 0. The van der Waals surface area contributed by atoms with Gasteiger partial charge >= 0.3 is 0 Å². The first-order chi connectivity index (χ1) is 8.63. The Balaban J connectivity index is 1.90. The molecule has 3 rings (SSSR count). The van der Waals surface area contributed by atoms with E-state index in [9.17, 15) is 0 Å². The molecule has 0 saturated carbocycles. The van der Waals surface area contributed by atoms with E-state index in [4.69, 9.17) is 4.98 Å². The standard InChI is InChI=1S/C14H15BrN2S/c1-8(2)16-7-13-17-14-11-6-10(15)4-3-9(11)5-12(14)18-13/h3-4,6,8,16H,5,7H2,1-2H3. The van der Waals surface area contributed by atoms with Gasteiger partial charge in [0.15, 0.2) is 0 Å². The summed E-state index contributed by atoms with van der Waals surface area (Å²) in [7, 11) is 0. The van der Waals surface area contributed by atoms with E-state index in [0.29, 0.717) is 6.04 Å². The molecule has 1 aromatic heterocycles. The highest BCUT2D eigenvalue weighted by molar-refractivity contribution is 9.10. The maximum atomic E-state index is 4.78. The van der Waals surface area contributed by atoms with Gasteiger partial charge in [-0.3, -0.25) is 0 Å². The summed E-state index contributed by atoms with van der Waals surface area (Å²) in [6.45, 7) is 5.19. The number of halogens is 1. The number of nitrogens with one attached hydrogen (secondary N) is 1. The molecule has 0 radical (unpaired) electrons. The molecule has 0 saturated heterocycles. The molecule has 4 heteroatoms. The van der Waals surface area contributed by atoms with Crippen LogP contribution < -0.4 is 5.32 Å². The number of fused-ring (bicyclic) bond motifs is 3. The fraction of sp³-hybridized carbons (Fsp3) is 0.357. The van der Waals surface area contributed by atoms with E-state index in [1.165, 1.54) is 26.7 Å². The highest BCUT2D eigenvalue weighted by Gasteiger charge is 2.23. The minimum Gasteiger partial charge on any atom is -0.308 e. The summed E-state index contributed by atoms with van der Waals surface area (Å²) in [5, 5.41) is 4.62. The smallest absolute Gasteiger partial charge is 0.107 e. The van der Waals surface area contributed by atoms with E-state index in [2.05, 4.69) is 53.3 Å². The van der Waals surface area contributed by atoms with Crippen molar-refractivity contribution in [3.8, 4) is 11.3 Å². The third-order valence-corrected chi connectivity index (χ3v) is 4.63. The molecule has 0 aliphatic heterocycles. The molecule has 0 bridgehead atoms. The molecule has 18 heavy (non-hydrogen) atoms. The van der Waals surface area contributed by atoms with Crippen LogP contribution in [0, 0.1) is 0 Å². The van der Waals surface area contributed by atoms with Gasteiger partial charge in [0.25, 0.3) is 0 Å². The van der Waals surface area contributed by atoms with Crippen molar-refractivity contribution in [3.63, 3.8) is 0 Å². The van der Waals surface area contributed by atoms with Crippen LogP contribution in [0.1, 0.15) is 29.3 Å². The van der Waals surface area contributed by atoms with E-state index >= 15 is 0 Å². The molecule has 2 aromatic rings. The third kappa shape index (κ3) is 2.25. The highest BCUT2D eigenvalue weighted by Crippen LogP contribution is 2.40. The van der Waals surface area contributed by atoms with Crippen molar-refractivity contribution < 1.29 is 0 Å². The zero-order valence-electron chi connectivity index (χ0n) is 10.5. The largest absolute Gasteiger partial charge is 0.308 e. The monoisotopic (exact) mass is 322 g/mol. The van der Waals surface area contributed by atoms with Gasteiger partial charge < -0.3 is 5.32 Å². The predicted molar refractivity (Wildman–Crippen MR) is 80.0 cm³/mol. The van der Waals surface area contributed by atoms with Gasteiger partial charge in [-0.15, -0.1) is 11.3 Å². The van der Waals surface area contributed by atoms with E-state index < -0.39 is 0 Å². The number of benzene rings is 1. The first-order valence-corrected chi connectivity index (χ1v) is 7.75.